The summed E-state index contributed by atoms with van der Waals surface area (Å²) >= 11 is 6.24. The lowest BCUT2D eigenvalue weighted by atomic mass is 10.2. The van der Waals surface area contributed by atoms with E-state index in [0.717, 1.165) is 0 Å². The second-order valence-corrected chi connectivity index (χ2v) is 8.04. The molecule has 1 fully saturated rings. The van der Waals surface area contributed by atoms with Gasteiger partial charge in [0.1, 0.15) is 0 Å². The molecule has 1 saturated heterocycles. The molecule has 0 bridgehead atoms. The molecule has 2 atom stereocenters. The van der Waals surface area contributed by atoms with Crippen molar-refractivity contribution in [2.75, 3.05) is 18.0 Å². The SMILES string of the molecule is C[C@@H]1CN(c2nc3c(c(=O)n(Cc4ccccc4Cl)c(=O)n3C)n2C)C[C@H](C)O1. The molecule has 29 heavy (non-hydrogen) atoms. The summed E-state index contributed by atoms with van der Waals surface area (Å²) in [5.41, 5.74) is 0.681. The standard InChI is InChI=1S/C20H24ClN5O3/c1-12-9-25(10-13(2)29-12)19-22-17-16(23(19)3)18(27)26(20(28)24(17)4)11-14-7-5-6-8-15(14)21/h5-8,12-13H,9-11H2,1-4H3/t12-,13+. The fourth-order valence-electron chi connectivity index (χ4n) is 3.99. The molecular weight excluding hydrogens is 394 g/mol. The van der Waals surface area contributed by atoms with Crippen molar-refractivity contribution in [1.29, 1.82) is 0 Å². The van der Waals surface area contributed by atoms with Crippen LogP contribution in [0.4, 0.5) is 5.95 Å². The first-order valence-corrected chi connectivity index (χ1v) is 9.95. The number of anilines is 1. The molecule has 1 aliphatic heterocycles. The summed E-state index contributed by atoms with van der Waals surface area (Å²) in [6.07, 6.45) is 0.110. The number of nitrogens with zero attached hydrogens (tertiary/aromatic N) is 5. The lowest BCUT2D eigenvalue weighted by Gasteiger charge is -2.35. The Morgan fingerprint density at radius 2 is 1.76 bits per heavy atom. The van der Waals surface area contributed by atoms with E-state index in [1.54, 1.807) is 24.7 Å². The van der Waals surface area contributed by atoms with Gasteiger partial charge in [0.2, 0.25) is 5.95 Å². The number of aromatic nitrogens is 4. The van der Waals surface area contributed by atoms with Crippen molar-refractivity contribution in [2.24, 2.45) is 14.1 Å². The summed E-state index contributed by atoms with van der Waals surface area (Å²) in [5, 5.41) is 0.517. The van der Waals surface area contributed by atoms with E-state index in [4.69, 9.17) is 16.3 Å². The molecule has 0 amide bonds. The van der Waals surface area contributed by atoms with Crippen molar-refractivity contribution >= 4 is 28.7 Å². The summed E-state index contributed by atoms with van der Waals surface area (Å²) in [5.74, 6) is 0.657. The zero-order chi connectivity index (χ0) is 20.9. The van der Waals surface area contributed by atoms with Crippen LogP contribution in [0.3, 0.4) is 0 Å². The van der Waals surface area contributed by atoms with Gasteiger partial charge in [-0.15, -0.1) is 0 Å². The molecule has 1 aromatic carbocycles. The normalized spacial score (nSPS) is 19.8. The summed E-state index contributed by atoms with van der Waals surface area (Å²) in [7, 11) is 3.44. The minimum atomic E-state index is -0.421. The maximum atomic E-state index is 13.3. The van der Waals surface area contributed by atoms with Crippen LogP contribution in [0.1, 0.15) is 19.4 Å². The van der Waals surface area contributed by atoms with Gasteiger partial charge in [-0.3, -0.25) is 13.9 Å². The molecule has 4 rings (SSSR count). The number of fused-ring (bicyclic) bond motifs is 1. The predicted octanol–water partition coefficient (Wildman–Crippen LogP) is 1.75. The van der Waals surface area contributed by atoms with Gasteiger partial charge in [-0.25, -0.2) is 4.79 Å². The van der Waals surface area contributed by atoms with Crippen LogP contribution in [-0.4, -0.2) is 44.0 Å². The van der Waals surface area contributed by atoms with Crippen LogP contribution in [0.5, 0.6) is 0 Å². The van der Waals surface area contributed by atoms with Crippen molar-refractivity contribution in [3.05, 3.63) is 55.7 Å². The fraction of sp³-hybridized carbons (Fsp3) is 0.450. The molecule has 0 radical (unpaired) electrons. The highest BCUT2D eigenvalue weighted by Gasteiger charge is 2.27. The molecule has 3 heterocycles. The third-order valence-electron chi connectivity index (χ3n) is 5.33. The first kappa shape index (κ1) is 19.7. The topological polar surface area (TPSA) is 74.3 Å². The van der Waals surface area contributed by atoms with E-state index in [0.29, 0.717) is 40.8 Å². The van der Waals surface area contributed by atoms with Gasteiger partial charge in [0.05, 0.1) is 18.8 Å². The van der Waals surface area contributed by atoms with Gasteiger partial charge in [-0.2, -0.15) is 4.98 Å². The molecule has 0 N–H and O–H groups in total. The zero-order valence-corrected chi connectivity index (χ0v) is 17.7. The summed E-state index contributed by atoms with van der Waals surface area (Å²) in [6.45, 7) is 5.47. The molecule has 3 aromatic rings. The Hall–Kier alpha value is -2.58. The van der Waals surface area contributed by atoms with E-state index >= 15 is 0 Å². The number of benzene rings is 1. The Kier molecular flexibility index (Phi) is 5.00. The number of hydrogen-bond donors (Lipinski definition) is 0. The van der Waals surface area contributed by atoms with Crippen LogP contribution in [0, 0.1) is 0 Å². The third kappa shape index (κ3) is 3.36. The van der Waals surface area contributed by atoms with Crippen LogP contribution in [0.2, 0.25) is 5.02 Å². The van der Waals surface area contributed by atoms with E-state index in [1.807, 2.05) is 32.0 Å². The lowest BCUT2D eigenvalue weighted by molar-refractivity contribution is -0.00583. The maximum Gasteiger partial charge on any atom is 0.332 e. The van der Waals surface area contributed by atoms with Gasteiger partial charge < -0.3 is 14.2 Å². The second-order valence-electron chi connectivity index (χ2n) is 7.63. The summed E-state index contributed by atoms with van der Waals surface area (Å²) < 4.78 is 10.2. The van der Waals surface area contributed by atoms with Crippen molar-refractivity contribution in [2.45, 2.75) is 32.6 Å². The summed E-state index contributed by atoms with van der Waals surface area (Å²) in [6, 6.07) is 7.20. The summed E-state index contributed by atoms with van der Waals surface area (Å²) in [4.78, 5) is 32.9. The lowest BCUT2D eigenvalue weighted by Crippen LogP contribution is -2.46. The van der Waals surface area contributed by atoms with Crippen molar-refractivity contribution in [3.63, 3.8) is 0 Å². The molecule has 0 spiro atoms. The molecule has 154 valence electrons. The van der Waals surface area contributed by atoms with Crippen molar-refractivity contribution < 1.29 is 4.74 Å². The van der Waals surface area contributed by atoms with Crippen LogP contribution >= 0.6 is 11.6 Å². The molecule has 0 unspecified atom stereocenters. The van der Waals surface area contributed by atoms with E-state index in [9.17, 15) is 9.59 Å². The first-order chi connectivity index (χ1) is 13.8. The predicted molar refractivity (Wildman–Crippen MR) is 113 cm³/mol. The third-order valence-corrected chi connectivity index (χ3v) is 5.69. The minimum Gasteiger partial charge on any atom is -0.372 e. The molecule has 0 aliphatic carbocycles. The Bertz CT molecular complexity index is 1190. The van der Waals surface area contributed by atoms with E-state index in [-0.39, 0.29) is 24.3 Å². The number of halogens is 1. The van der Waals surface area contributed by atoms with E-state index in [1.165, 1.54) is 9.13 Å². The number of ether oxygens (including phenoxy) is 1. The average molecular weight is 418 g/mol. The van der Waals surface area contributed by atoms with Gasteiger partial charge in [-0.1, -0.05) is 29.8 Å². The number of morpholine rings is 1. The molecule has 9 heteroatoms. The Labute approximate surface area is 172 Å². The van der Waals surface area contributed by atoms with Crippen molar-refractivity contribution in [3.8, 4) is 0 Å². The van der Waals surface area contributed by atoms with Gasteiger partial charge in [-0.05, 0) is 25.5 Å². The monoisotopic (exact) mass is 417 g/mol. The molecular formula is C20H24ClN5O3. The Morgan fingerprint density at radius 1 is 1.10 bits per heavy atom. The molecule has 2 aromatic heterocycles. The van der Waals surface area contributed by atoms with Crippen molar-refractivity contribution in [1.82, 2.24) is 18.7 Å². The maximum absolute atomic E-state index is 13.3. The van der Waals surface area contributed by atoms with Crippen LogP contribution in [0.25, 0.3) is 11.2 Å². The quantitative estimate of drug-likeness (QED) is 0.649. The minimum absolute atomic E-state index is 0.0549. The highest BCUT2D eigenvalue weighted by atomic mass is 35.5. The highest BCUT2D eigenvalue weighted by molar-refractivity contribution is 6.31. The second kappa shape index (κ2) is 7.35. The van der Waals surface area contributed by atoms with E-state index < -0.39 is 5.69 Å². The van der Waals surface area contributed by atoms with Gasteiger partial charge >= 0.3 is 5.69 Å². The molecule has 8 nitrogen and oxygen atoms in total. The number of imidazole rings is 1. The molecule has 1 aliphatic rings. The highest BCUT2D eigenvalue weighted by Crippen LogP contribution is 2.22. The smallest absolute Gasteiger partial charge is 0.332 e. The number of rotatable bonds is 3. The van der Waals surface area contributed by atoms with Crippen LogP contribution in [-0.2, 0) is 25.4 Å². The zero-order valence-electron chi connectivity index (χ0n) is 16.9. The Balaban J connectivity index is 1.87. The molecule has 0 saturated carbocycles. The average Bonchev–Trinajstić information content (AvgIpc) is 3.01. The largest absolute Gasteiger partial charge is 0.372 e. The van der Waals surface area contributed by atoms with Gasteiger partial charge in [0.15, 0.2) is 11.2 Å². The van der Waals surface area contributed by atoms with Crippen LogP contribution in [0.15, 0.2) is 33.9 Å². The van der Waals surface area contributed by atoms with Gasteiger partial charge in [0.25, 0.3) is 5.56 Å². The first-order valence-electron chi connectivity index (χ1n) is 9.58. The fourth-order valence-corrected chi connectivity index (χ4v) is 4.19. The van der Waals surface area contributed by atoms with Gasteiger partial charge in [0, 0.05) is 32.2 Å². The van der Waals surface area contributed by atoms with Crippen LogP contribution < -0.4 is 16.1 Å². The van der Waals surface area contributed by atoms with E-state index in [2.05, 4.69) is 9.88 Å². The Morgan fingerprint density at radius 3 is 2.41 bits per heavy atom. The number of aryl methyl sites for hydroxylation is 2. The number of hydrogen-bond acceptors (Lipinski definition) is 5.